The van der Waals surface area contributed by atoms with E-state index in [4.69, 9.17) is 0 Å². The molecule has 1 amide bonds. The van der Waals surface area contributed by atoms with E-state index in [1.165, 1.54) is 17.4 Å². The van der Waals surface area contributed by atoms with Gasteiger partial charge in [0.2, 0.25) is 0 Å². The predicted octanol–water partition coefficient (Wildman–Crippen LogP) is 4.34. The normalized spacial score (nSPS) is 13.6. The molecule has 0 aliphatic heterocycles. The summed E-state index contributed by atoms with van der Waals surface area (Å²) < 4.78 is 0.982. The Morgan fingerprint density at radius 2 is 2.08 bits per heavy atom. The van der Waals surface area contributed by atoms with Gasteiger partial charge in [0.25, 0.3) is 11.6 Å². The number of aromatic nitrogens is 1. The summed E-state index contributed by atoms with van der Waals surface area (Å²) in [7, 11) is 0. The molecule has 3 aromatic rings. The molecule has 0 bridgehead atoms. The van der Waals surface area contributed by atoms with Gasteiger partial charge in [0.05, 0.1) is 15.1 Å². The van der Waals surface area contributed by atoms with Crippen molar-refractivity contribution in [2.75, 3.05) is 10.6 Å². The maximum absolute atomic E-state index is 12.5. The Balaban J connectivity index is 1.58. The highest BCUT2D eigenvalue weighted by Gasteiger charge is 2.25. The molecule has 1 saturated carbocycles. The molecule has 0 atom stereocenters. The van der Waals surface area contributed by atoms with Gasteiger partial charge < -0.3 is 5.32 Å². The zero-order valence-corrected chi connectivity index (χ0v) is 14.8. The number of nitrogens with one attached hydrogen (secondary N) is 2. The maximum atomic E-state index is 12.5. The van der Waals surface area contributed by atoms with Crippen LogP contribution in [0.4, 0.5) is 16.5 Å². The third-order valence-electron chi connectivity index (χ3n) is 4.16. The number of hydrogen-bond donors (Lipinski definition) is 2. The fraction of sp³-hybridized carbons (Fsp3) is 0.222. The van der Waals surface area contributed by atoms with Crippen molar-refractivity contribution in [2.24, 2.45) is 0 Å². The lowest BCUT2D eigenvalue weighted by Crippen LogP contribution is -2.13. The fourth-order valence-corrected chi connectivity index (χ4v) is 3.61. The molecule has 1 fully saturated rings. The fourth-order valence-electron chi connectivity index (χ4n) is 2.65. The SMILES string of the molecule is Cc1ccc2nc(NC(=O)c3ccc(NC4CC4)c([N+](=O)[O-])c3)sc2c1. The summed E-state index contributed by atoms with van der Waals surface area (Å²) in [5, 5.41) is 17.7. The number of rotatable bonds is 5. The number of nitro benzene ring substituents is 1. The van der Waals surface area contributed by atoms with Crippen LogP contribution in [0.15, 0.2) is 36.4 Å². The lowest BCUT2D eigenvalue weighted by molar-refractivity contribution is -0.384. The standard InChI is InChI=1S/C18H16N4O3S/c1-10-2-6-14-16(8-10)26-18(20-14)21-17(23)11-3-7-13(19-12-4-5-12)15(9-11)22(24)25/h2-3,6-9,12,19H,4-5H2,1H3,(H,20,21,23). The number of nitrogens with zero attached hydrogens (tertiary/aromatic N) is 2. The Morgan fingerprint density at radius 3 is 2.81 bits per heavy atom. The zero-order chi connectivity index (χ0) is 18.3. The molecule has 0 saturated heterocycles. The summed E-state index contributed by atoms with van der Waals surface area (Å²) in [4.78, 5) is 27.7. The van der Waals surface area contributed by atoms with Crippen LogP contribution in [0.2, 0.25) is 0 Å². The van der Waals surface area contributed by atoms with E-state index in [2.05, 4.69) is 15.6 Å². The van der Waals surface area contributed by atoms with Gasteiger partial charge in [0.15, 0.2) is 5.13 Å². The number of thiazole rings is 1. The second-order valence-corrected chi connectivity index (χ2v) is 7.38. The van der Waals surface area contributed by atoms with E-state index in [-0.39, 0.29) is 11.3 Å². The minimum absolute atomic E-state index is 0.0931. The smallest absolute Gasteiger partial charge is 0.293 e. The third-order valence-corrected chi connectivity index (χ3v) is 5.09. The van der Waals surface area contributed by atoms with Crippen molar-refractivity contribution in [3.8, 4) is 0 Å². The monoisotopic (exact) mass is 368 g/mol. The summed E-state index contributed by atoms with van der Waals surface area (Å²) in [5.41, 5.74) is 2.52. The Hall–Kier alpha value is -3.00. The summed E-state index contributed by atoms with van der Waals surface area (Å²) >= 11 is 1.38. The maximum Gasteiger partial charge on any atom is 0.293 e. The van der Waals surface area contributed by atoms with Gasteiger partial charge in [-0.05, 0) is 49.6 Å². The quantitative estimate of drug-likeness (QED) is 0.516. The molecule has 1 aromatic heterocycles. The van der Waals surface area contributed by atoms with Crippen LogP contribution >= 0.6 is 11.3 Å². The molecular weight excluding hydrogens is 352 g/mol. The van der Waals surface area contributed by atoms with Gasteiger partial charge in [-0.15, -0.1) is 0 Å². The van der Waals surface area contributed by atoms with Crippen LogP contribution in [0.1, 0.15) is 28.8 Å². The Labute approximate surface area is 153 Å². The molecule has 1 aliphatic rings. The number of fused-ring (bicyclic) bond motifs is 1. The van der Waals surface area contributed by atoms with E-state index >= 15 is 0 Å². The number of carbonyl (C=O) groups is 1. The van der Waals surface area contributed by atoms with E-state index in [1.54, 1.807) is 12.1 Å². The summed E-state index contributed by atoms with van der Waals surface area (Å²) in [6.07, 6.45) is 2.02. The number of carbonyl (C=O) groups excluding carboxylic acids is 1. The molecule has 0 spiro atoms. The highest BCUT2D eigenvalue weighted by Crippen LogP contribution is 2.32. The minimum atomic E-state index is -0.470. The first-order valence-electron chi connectivity index (χ1n) is 8.23. The van der Waals surface area contributed by atoms with Crippen molar-refractivity contribution in [2.45, 2.75) is 25.8 Å². The van der Waals surface area contributed by atoms with Crippen molar-refractivity contribution < 1.29 is 9.72 Å². The number of amides is 1. The molecule has 132 valence electrons. The second kappa shape index (κ2) is 6.38. The lowest BCUT2D eigenvalue weighted by atomic mass is 10.1. The number of anilines is 2. The summed E-state index contributed by atoms with van der Waals surface area (Å²) in [6, 6.07) is 10.6. The molecule has 1 heterocycles. The van der Waals surface area contributed by atoms with Crippen LogP contribution in [-0.4, -0.2) is 21.9 Å². The molecule has 26 heavy (non-hydrogen) atoms. The highest BCUT2D eigenvalue weighted by atomic mass is 32.1. The highest BCUT2D eigenvalue weighted by molar-refractivity contribution is 7.22. The van der Waals surface area contributed by atoms with Crippen LogP contribution < -0.4 is 10.6 Å². The van der Waals surface area contributed by atoms with Gasteiger partial charge in [-0.2, -0.15) is 0 Å². The van der Waals surface area contributed by atoms with Gasteiger partial charge in [-0.3, -0.25) is 20.2 Å². The summed E-state index contributed by atoms with van der Waals surface area (Å²) in [5.74, 6) is -0.415. The van der Waals surface area contributed by atoms with Crippen LogP contribution in [0, 0.1) is 17.0 Å². The molecule has 0 unspecified atom stereocenters. The van der Waals surface area contributed by atoms with E-state index in [9.17, 15) is 14.9 Å². The molecule has 4 rings (SSSR count). The number of aryl methyl sites for hydroxylation is 1. The van der Waals surface area contributed by atoms with Crippen molar-refractivity contribution >= 4 is 44.0 Å². The van der Waals surface area contributed by atoms with Gasteiger partial charge >= 0.3 is 0 Å². The minimum Gasteiger partial charge on any atom is -0.377 e. The second-order valence-electron chi connectivity index (χ2n) is 6.35. The average molecular weight is 368 g/mol. The van der Waals surface area contributed by atoms with Crippen molar-refractivity contribution in [3.05, 3.63) is 57.6 Å². The number of hydrogen-bond acceptors (Lipinski definition) is 6. The Bertz CT molecular complexity index is 1030. The Kier molecular flexibility index (Phi) is 4.04. The van der Waals surface area contributed by atoms with Crippen LogP contribution in [0.5, 0.6) is 0 Å². The molecular formula is C18H16N4O3S. The summed E-state index contributed by atoms with van der Waals surface area (Å²) in [6.45, 7) is 1.99. The molecule has 7 nitrogen and oxygen atoms in total. The zero-order valence-electron chi connectivity index (χ0n) is 14.0. The largest absolute Gasteiger partial charge is 0.377 e. The first-order chi connectivity index (χ1) is 12.5. The van der Waals surface area contributed by atoms with Gasteiger partial charge in [0.1, 0.15) is 5.69 Å². The molecule has 0 radical (unpaired) electrons. The molecule has 1 aliphatic carbocycles. The third kappa shape index (κ3) is 3.36. The van der Waals surface area contributed by atoms with Crippen LogP contribution in [0.3, 0.4) is 0 Å². The lowest BCUT2D eigenvalue weighted by Gasteiger charge is -2.07. The van der Waals surface area contributed by atoms with Crippen molar-refractivity contribution in [1.82, 2.24) is 4.98 Å². The Morgan fingerprint density at radius 1 is 1.27 bits per heavy atom. The average Bonchev–Trinajstić information content (AvgIpc) is 3.33. The van der Waals surface area contributed by atoms with Crippen LogP contribution in [0.25, 0.3) is 10.2 Å². The van der Waals surface area contributed by atoms with E-state index in [0.717, 1.165) is 28.6 Å². The van der Waals surface area contributed by atoms with Gasteiger partial charge in [-0.1, -0.05) is 17.4 Å². The number of nitro groups is 1. The molecule has 2 N–H and O–H groups in total. The molecule has 2 aromatic carbocycles. The first-order valence-corrected chi connectivity index (χ1v) is 9.05. The van der Waals surface area contributed by atoms with Crippen molar-refractivity contribution in [1.29, 1.82) is 0 Å². The molecule has 8 heteroatoms. The van der Waals surface area contributed by atoms with Crippen molar-refractivity contribution in [3.63, 3.8) is 0 Å². The topological polar surface area (TPSA) is 97.2 Å². The van der Waals surface area contributed by atoms with Gasteiger partial charge in [0, 0.05) is 17.7 Å². The van der Waals surface area contributed by atoms with E-state index < -0.39 is 10.8 Å². The van der Waals surface area contributed by atoms with Crippen LogP contribution in [-0.2, 0) is 0 Å². The number of benzene rings is 2. The van der Waals surface area contributed by atoms with Gasteiger partial charge in [-0.25, -0.2) is 4.98 Å². The first kappa shape index (κ1) is 16.5. The predicted molar refractivity (Wildman–Crippen MR) is 102 cm³/mol. The van der Waals surface area contributed by atoms with E-state index in [1.807, 2.05) is 25.1 Å². The van der Waals surface area contributed by atoms with E-state index in [0.29, 0.717) is 16.9 Å².